The van der Waals surface area contributed by atoms with Crippen LogP contribution in [-0.2, 0) is 15.8 Å². The molecule has 146 valence electrons. The third-order valence-corrected chi connectivity index (χ3v) is 4.57. The molecular formula is C17H19F3N4O2S. The van der Waals surface area contributed by atoms with Crippen LogP contribution in [-0.4, -0.2) is 52.1 Å². The number of hydrogen-bond donors (Lipinski definition) is 1. The van der Waals surface area contributed by atoms with Crippen molar-refractivity contribution in [1.82, 2.24) is 20.2 Å². The van der Waals surface area contributed by atoms with E-state index in [1.807, 2.05) is 0 Å². The summed E-state index contributed by atoms with van der Waals surface area (Å²) in [5.41, 5.74) is 0.157. The van der Waals surface area contributed by atoms with E-state index in [2.05, 4.69) is 15.3 Å². The van der Waals surface area contributed by atoms with Gasteiger partial charge in [-0.2, -0.15) is 13.2 Å². The lowest BCUT2D eigenvalue weighted by Gasteiger charge is -2.20. The molecule has 0 saturated carbocycles. The van der Waals surface area contributed by atoms with Gasteiger partial charge in [0.25, 0.3) is 0 Å². The number of para-hydroxylation sites is 1. The summed E-state index contributed by atoms with van der Waals surface area (Å²) < 4.78 is 39.1. The maximum Gasteiger partial charge on any atom is 0.451 e. The van der Waals surface area contributed by atoms with Crippen LogP contribution >= 0.6 is 11.8 Å². The standard InChI is InChI=1S/C17H19F3N4O2S/c1-3-21-13(25)9-24(4-2)14(26)10-27-15-11-7-5-6-8-12(11)22-16(23-15)17(18,19)20/h5-8H,3-4,9-10H2,1-2H3,(H,21,25). The van der Waals surface area contributed by atoms with Crippen LogP contribution in [0.5, 0.6) is 0 Å². The first-order valence-corrected chi connectivity index (χ1v) is 9.26. The van der Waals surface area contributed by atoms with Gasteiger partial charge < -0.3 is 10.2 Å². The molecule has 0 atom stereocenters. The highest BCUT2D eigenvalue weighted by atomic mass is 32.2. The van der Waals surface area contributed by atoms with Crippen molar-refractivity contribution >= 4 is 34.5 Å². The Morgan fingerprint density at radius 2 is 1.89 bits per heavy atom. The summed E-state index contributed by atoms with van der Waals surface area (Å²) in [5.74, 6) is -2.02. The molecule has 27 heavy (non-hydrogen) atoms. The summed E-state index contributed by atoms with van der Waals surface area (Å²) in [6, 6.07) is 6.32. The molecule has 2 rings (SSSR count). The van der Waals surface area contributed by atoms with E-state index in [0.29, 0.717) is 18.5 Å². The molecular weight excluding hydrogens is 381 g/mol. The van der Waals surface area contributed by atoms with Gasteiger partial charge in [0.15, 0.2) is 0 Å². The second-order valence-corrected chi connectivity index (χ2v) is 6.48. The number of thioether (sulfide) groups is 1. The summed E-state index contributed by atoms with van der Waals surface area (Å²) in [4.78, 5) is 32.5. The van der Waals surface area contributed by atoms with Crippen molar-refractivity contribution in [3.05, 3.63) is 30.1 Å². The van der Waals surface area contributed by atoms with Gasteiger partial charge in [-0.05, 0) is 19.9 Å². The lowest BCUT2D eigenvalue weighted by molar-refractivity contribution is -0.145. The largest absolute Gasteiger partial charge is 0.451 e. The first-order chi connectivity index (χ1) is 12.8. The van der Waals surface area contributed by atoms with Gasteiger partial charge in [-0.15, -0.1) is 0 Å². The van der Waals surface area contributed by atoms with Gasteiger partial charge in [0, 0.05) is 18.5 Å². The summed E-state index contributed by atoms with van der Waals surface area (Å²) in [7, 11) is 0. The quantitative estimate of drug-likeness (QED) is 0.571. The lowest BCUT2D eigenvalue weighted by atomic mass is 10.2. The molecule has 2 amide bonds. The predicted molar refractivity (Wildman–Crippen MR) is 96.2 cm³/mol. The number of nitrogens with zero attached hydrogens (tertiary/aromatic N) is 3. The normalized spacial score (nSPS) is 11.4. The Bertz CT molecular complexity index is 829. The van der Waals surface area contributed by atoms with Crippen LogP contribution in [0, 0.1) is 0 Å². The smallest absolute Gasteiger partial charge is 0.355 e. The Labute approximate surface area is 158 Å². The van der Waals surface area contributed by atoms with E-state index < -0.39 is 12.0 Å². The van der Waals surface area contributed by atoms with Crippen LogP contribution in [0.1, 0.15) is 19.7 Å². The van der Waals surface area contributed by atoms with E-state index >= 15 is 0 Å². The van der Waals surface area contributed by atoms with Crippen molar-refractivity contribution in [3.8, 4) is 0 Å². The Morgan fingerprint density at radius 3 is 2.52 bits per heavy atom. The number of hydrogen-bond acceptors (Lipinski definition) is 5. The molecule has 1 heterocycles. The number of likely N-dealkylation sites (N-methyl/N-ethyl adjacent to an activating group) is 2. The van der Waals surface area contributed by atoms with Crippen LogP contribution in [0.3, 0.4) is 0 Å². The third kappa shape index (κ3) is 5.56. The van der Waals surface area contributed by atoms with Crippen molar-refractivity contribution in [3.63, 3.8) is 0 Å². The van der Waals surface area contributed by atoms with Crippen molar-refractivity contribution < 1.29 is 22.8 Å². The van der Waals surface area contributed by atoms with Crippen LogP contribution in [0.2, 0.25) is 0 Å². The van der Waals surface area contributed by atoms with Gasteiger partial charge >= 0.3 is 6.18 Å². The molecule has 1 N–H and O–H groups in total. The highest BCUT2D eigenvalue weighted by molar-refractivity contribution is 8.00. The lowest BCUT2D eigenvalue weighted by Crippen LogP contribution is -2.41. The number of aromatic nitrogens is 2. The average Bonchev–Trinajstić information content (AvgIpc) is 2.63. The number of carbonyl (C=O) groups is 2. The maximum absolute atomic E-state index is 13.0. The number of benzene rings is 1. The van der Waals surface area contributed by atoms with Crippen molar-refractivity contribution in [2.45, 2.75) is 25.0 Å². The molecule has 0 aliphatic rings. The molecule has 1 aromatic carbocycles. The fraction of sp³-hybridized carbons (Fsp3) is 0.412. The summed E-state index contributed by atoms with van der Waals surface area (Å²) >= 11 is 0.898. The third-order valence-electron chi connectivity index (χ3n) is 3.60. The number of carbonyl (C=O) groups excluding carboxylic acids is 2. The van der Waals surface area contributed by atoms with E-state index in [9.17, 15) is 22.8 Å². The van der Waals surface area contributed by atoms with Gasteiger partial charge in [0.05, 0.1) is 17.8 Å². The SMILES string of the molecule is CCNC(=O)CN(CC)C(=O)CSc1nc(C(F)(F)F)nc2ccccc12. The number of nitrogens with one attached hydrogen (secondary N) is 1. The zero-order valence-electron chi connectivity index (χ0n) is 14.8. The van der Waals surface area contributed by atoms with Crippen molar-refractivity contribution in [2.75, 3.05) is 25.4 Å². The zero-order chi connectivity index (χ0) is 20.0. The van der Waals surface area contributed by atoms with Gasteiger partial charge in [-0.1, -0.05) is 30.0 Å². The van der Waals surface area contributed by atoms with Crippen LogP contribution in [0.4, 0.5) is 13.2 Å². The van der Waals surface area contributed by atoms with Crippen molar-refractivity contribution in [1.29, 1.82) is 0 Å². The highest BCUT2D eigenvalue weighted by Gasteiger charge is 2.35. The van der Waals surface area contributed by atoms with Gasteiger partial charge in [-0.3, -0.25) is 9.59 Å². The van der Waals surface area contributed by atoms with E-state index in [0.717, 1.165) is 11.8 Å². The fourth-order valence-corrected chi connectivity index (χ4v) is 3.23. The summed E-state index contributed by atoms with van der Waals surface area (Å²) in [5, 5.41) is 3.12. The molecule has 0 saturated heterocycles. The molecule has 0 bridgehead atoms. The molecule has 6 nitrogen and oxygen atoms in total. The molecule has 10 heteroatoms. The van der Waals surface area contributed by atoms with Crippen LogP contribution in [0.15, 0.2) is 29.3 Å². The first-order valence-electron chi connectivity index (χ1n) is 8.27. The summed E-state index contributed by atoms with van der Waals surface area (Å²) in [6.07, 6.45) is -4.68. The number of fused-ring (bicyclic) bond motifs is 1. The minimum absolute atomic E-state index is 0.0790. The monoisotopic (exact) mass is 400 g/mol. The van der Waals surface area contributed by atoms with Gasteiger partial charge in [-0.25, -0.2) is 9.97 Å². The molecule has 0 spiro atoms. The number of halogens is 3. The predicted octanol–water partition coefficient (Wildman–Crippen LogP) is 2.73. The topological polar surface area (TPSA) is 75.2 Å². The zero-order valence-corrected chi connectivity index (χ0v) is 15.7. The number of rotatable bonds is 7. The Balaban J connectivity index is 2.20. The molecule has 0 aliphatic carbocycles. The van der Waals surface area contributed by atoms with E-state index in [4.69, 9.17) is 0 Å². The first kappa shape index (κ1) is 20.9. The second kappa shape index (κ2) is 9.03. The molecule has 0 fully saturated rings. The second-order valence-electron chi connectivity index (χ2n) is 5.52. The fourth-order valence-electron chi connectivity index (χ4n) is 2.31. The maximum atomic E-state index is 13.0. The Kier molecular flexibility index (Phi) is 7.00. The minimum Gasteiger partial charge on any atom is -0.355 e. The molecule has 0 radical (unpaired) electrons. The summed E-state index contributed by atoms with van der Waals surface area (Å²) in [6.45, 7) is 4.16. The van der Waals surface area contributed by atoms with Gasteiger partial charge in [0.1, 0.15) is 5.03 Å². The molecule has 0 aliphatic heterocycles. The number of alkyl halides is 3. The average molecular weight is 400 g/mol. The minimum atomic E-state index is -4.68. The molecule has 2 aromatic rings. The van der Waals surface area contributed by atoms with Gasteiger partial charge in [0.2, 0.25) is 17.6 Å². The van der Waals surface area contributed by atoms with E-state index in [-0.39, 0.29) is 34.7 Å². The molecule has 0 unspecified atom stereocenters. The van der Waals surface area contributed by atoms with Crippen LogP contribution in [0.25, 0.3) is 10.9 Å². The highest BCUT2D eigenvalue weighted by Crippen LogP contribution is 2.32. The van der Waals surface area contributed by atoms with E-state index in [1.165, 1.54) is 11.0 Å². The Morgan fingerprint density at radius 1 is 1.19 bits per heavy atom. The van der Waals surface area contributed by atoms with E-state index in [1.54, 1.807) is 32.0 Å². The molecule has 1 aromatic heterocycles. The Hall–Kier alpha value is -2.36. The van der Waals surface area contributed by atoms with Crippen molar-refractivity contribution in [2.24, 2.45) is 0 Å². The van der Waals surface area contributed by atoms with Crippen LogP contribution < -0.4 is 5.32 Å². The number of amides is 2.